The van der Waals surface area contributed by atoms with Gasteiger partial charge in [-0.2, -0.15) is 0 Å². The number of allylic oxidation sites excluding steroid dienone is 1. The highest BCUT2D eigenvalue weighted by atomic mass is 16.1. The van der Waals surface area contributed by atoms with Crippen molar-refractivity contribution in [2.45, 2.75) is 40.5 Å². The van der Waals surface area contributed by atoms with Gasteiger partial charge in [-0.15, -0.1) is 0 Å². The van der Waals surface area contributed by atoms with Crippen molar-refractivity contribution in [2.24, 2.45) is 10.4 Å². The van der Waals surface area contributed by atoms with Gasteiger partial charge in [-0.25, -0.2) is 4.99 Å². The lowest BCUT2D eigenvalue weighted by atomic mass is 9.81. The second-order valence-electron chi connectivity index (χ2n) is 4.38. The molecule has 0 aromatic rings. The zero-order chi connectivity index (χ0) is 10.1. The summed E-state index contributed by atoms with van der Waals surface area (Å²) in [6.07, 6.45) is 3.33. The van der Waals surface area contributed by atoms with Crippen LogP contribution in [0.2, 0.25) is 0 Å². The fraction of sp³-hybridized carbons (Fsp3) is 0.636. The Hall–Kier alpha value is -0.920. The molecule has 72 valence electrons. The number of nitrogens with zero attached hydrogens (tertiary/aromatic N) is 1. The average Bonchev–Trinajstić information content (AvgIpc) is 2.01. The summed E-state index contributed by atoms with van der Waals surface area (Å²) in [7, 11) is 0. The van der Waals surface area contributed by atoms with Crippen LogP contribution < -0.4 is 0 Å². The maximum atomic E-state index is 11.1. The molecule has 2 nitrogen and oxygen atoms in total. The molecular weight excluding hydrogens is 162 g/mol. The monoisotopic (exact) mass is 179 g/mol. The van der Waals surface area contributed by atoms with Gasteiger partial charge in [-0.05, 0) is 17.4 Å². The molecule has 0 atom stereocenters. The molecule has 0 bridgehead atoms. The number of carbonyl (C=O) groups is 1. The second kappa shape index (κ2) is 3.44. The molecule has 2 heteroatoms. The lowest BCUT2D eigenvalue weighted by molar-refractivity contribution is -0.117. The molecule has 0 fully saturated rings. The van der Waals surface area contributed by atoms with Gasteiger partial charge < -0.3 is 0 Å². The fourth-order valence-corrected chi connectivity index (χ4v) is 1.57. The highest BCUT2D eigenvalue weighted by Crippen LogP contribution is 2.29. The first-order valence-electron chi connectivity index (χ1n) is 4.76. The van der Waals surface area contributed by atoms with E-state index in [2.05, 4.69) is 25.8 Å². The van der Waals surface area contributed by atoms with Gasteiger partial charge in [0.25, 0.3) is 0 Å². The Morgan fingerprint density at radius 3 is 2.54 bits per heavy atom. The fourth-order valence-electron chi connectivity index (χ4n) is 1.57. The normalized spacial score (nSPS) is 18.3. The van der Waals surface area contributed by atoms with Crippen LogP contribution in [-0.2, 0) is 4.79 Å². The van der Waals surface area contributed by atoms with Gasteiger partial charge in [0, 0.05) is 12.1 Å². The molecule has 1 aliphatic heterocycles. The molecular formula is C11H17NO. The first-order valence-corrected chi connectivity index (χ1v) is 4.76. The van der Waals surface area contributed by atoms with Crippen LogP contribution in [0.3, 0.4) is 0 Å². The van der Waals surface area contributed by atoms with Crippen molar-refractivity contribution in [1.82, 2.24) is 0 Å². The number of carbonyl (C=O) groups excluding carboxylic acids is 1. The zero-order valence-corrected chi connectivity index (χ0v) is 8.85. The number of amides is 1. The van der Waals surface area contributed by atoms with Crippen molar-refractivity contribution in [1.29, 1.82) is 0 Å². The summed E-state index contributed by atoms with van der Waals surface area (Å²) in [6, 6.07) is 0. The summed E-state index contributed by atoms with van der Waals surface area (Å²) in [5.41, 5.74) is 2.30. The van der Waals surface area contributed by atoms with Crippen LogP contribution in [0, 0.1) is 5.41 Å². The Bertz CT molecular complexity index is 279. The molecule has 13 heavy (non-hydrogen) atoms. The van der Waals surface area contributed by atoms with Crippen LogP contribution in [0.25, 0.3) is 0 Å². The van der Waals surface area contributed by atoms with E-state index in [0.29, 0.717) is 6.42 Å². The minimum Gasteiger partial charge on any atom is -0.272 e. The van der Waals surface area contributed by atoms with Crippen LogP contribution in [0.15, 0.2) is 16.6 Å². The summed E-state index contributed by atoms with van der Waals surface area (Å²) in [5, 5.41) is 0. The van der Waals surface area contributed by atoms with E-state index in [1.807, 2.05) is 13.0 Å². The Labute approximate surface area is 79.8 Å². The summed E-state index contributed by atoms with van der Waals surface area (Å²) < 4.78 is 0. The highest BCUT2D eigenvalue weighted by molar-refractivity contribution is 6.09. The number of dihydropyridines is 1. The van der Waals surface area contributed by atoms with E-state index in [1.165, 1.54) is 5.57 Å². The second-order valence-corrected chi connectivity index (χ2v) is 4.38. The van der Waals surface area contributed by atoms with Crippen LogP contribution in [-0.4, -0.2) is 11.6 Å². The molecule has 0 aliphatic carbocycles. The summed E-state index contributed by atoms with van der Waals surface area (Å²) in [6.45, 7) is 8.50. The van der Waals surface area contributed by atoms with Crippen molar-refractivity contribution >= 4 is 11.6 Å². The Kier molecular flexibility index (Phi) is 2.69. The van der Waals surface area contributed by atoms with E-state index >= 15 is 0 Å². The maximum Gasteiger partial charge on any atom is 0.249 e. The van der Waals surface area contributed by atoms with E-state index in [9.17, 15) is 4.79 Å². The molecule has 1 heterocycles. The Morgan fingerprint density at radius 2 is 2.08 bits per heavy atom. The SMILES string of the molecule is CCC1=NC(=O)CC=C1C(C)(C)C. The van der Waals surface area contributed by atoms with Gasteiger partial charge >= 0.3 is 0 Å². The third-order valence-corrected chi connectivity index (χ3v) is 2.19. The van der Waals surface area contributed by atoms with Crippen molar-refractivity contribution in [3.05, 3.63) is 11.6 Å². The van der Waals surface area contributed by atoms with E-state index in [4.69, 9.17) is 0 Å². The van der Waals surface area contributed by atoms with Crippen LogP contribution in [0.1, 0.15) is 40.5 Å². The molecule has 0 aromatic heterocycles. The zero-order valence-electron chi connectivity index (χ0n) is 8.85. The standard InChI is InChI=1S/C11H17NO/c1-5-9-8(11(2,3)4)6-7-10(13)12-9/h6H,5,7H2,1-4H3. The third-order valence-electron chi connectivity index (χ3n) is 2.19. The van der Waals surface area contributed by atoms with Gasteiger partial charge in [0.15, 0.2) is 0 Å². The first-order chi connectivity index (χ1) is 5.95. The summed E-state index contributed by atoms with van der Waals surface area (Å²) >= 11 is 0. The molecule has 1 aliphatic rings. The van der Waals surface area contributed by atoms with Crippen LogP contribution in [0.4, 0.5) is 0 Å². The molecule has 0 saturated carbocycles. The summed E-state index contributed by atoms with van der Waals surface area (Å²) in [4.78, 5) is 15.1. The minimum absolute atomic E-state index is 0.00940. The predicted octanol–water partition coefficient (Wildman–Crippen LogP) is 2.74. The van der Waals surface area contributed by atoms with E-state index in [0.717, 1.165) is 12.1 Å². The number of hydrogen-bond acceptors (Lipinski definition) is 1. The number of hydrogen-bond donors (Lipinski definition) is 0. The van der Waals surface area contributed by atoms with Crippen molar-refractivity contribution in [2.75, 3.05) is 0 Å². The van der Waals surface area contributed by atoms with Crippen molar-refractivity contribution in [3.63, 3.8) is 0 Å². The minimum atomic E-state index is -0.00940. The number of aliphatic imine (C=N–C) groups is 1. The molecule has 1 amide bonds. The van der Waals surface area contributed by atoms with Gasteiger partial charge in [-0.3, -0.25) is 4.79 Å². The maximum absolute atomic E-state index is 11.1. The van der Waals surface area contributed by atoms with E-state index in [1.54, 1.807) is 0 Å². The van der Waals surface area contributed by atoms with E-state index in [-0.39, 0.29) is 11.3 Å². The first kappa shape index (κ1) is 10.2. The van der Waals surface area contributed by atoms with Gasteiger partial charge in [0.1, 0.15) is 0 Å². The Morgan fingerprint density at radius 1 is 1.46 bits per heavy atom. The number of rotatable bonds is 1. The van der Waals surface area contributed by atoms with Crippen LogP contribution in [0.5, 0.6) is 0 Å². The van der Waals surface area contributed by atoms with Crippen molar-refractivity contribution < 1.29 is 4.79 Å². The molecule has 0 spiro atoms. The largest absolute Gasteiger partial charge is 0.272 e. The average molecular weight is 179 g/mol. The molecule has 0 saturated heterocycles. The Balaban J connectivity index is 2.99. The quantitative estimate of drug-likeness (QED) is 0.608. The predicted molar refractivity (Wildman–Crippen MR) is 54.9 cm³/mol. The summed E-state index contributed by atoms with van der Waals surface area (Å²) in [5.74, 6) is -0.00940. The third kappa shape index (κ3) is 2.27. The highest BCUT2D eigenvalue weighted by Gasteiger charge is 2.23. The molecule has 0 aromatic carbocycles. The lowest BCUT2D eigenvalue weighted by Crippen LogP contribution is -2.21. The molecule has 0 radical (unpaired) electrons. The molecule has 1 rings (SSSR count). The topological polar surface area (TPSA) is 29.4 Å². The van der Waals surface area contributed by atoms with Gasteiger partial charge in [0.2, 0.25) is 5.91 Å². The van der Waals surface area contributed by atoms with Gasteiger partial charge in [-0.1, -0.05) is 33.8 Å². The van der Waals surface area contributed by atoms with Crippen molar-refractivity contribution in [3.8, 4) is 0 Å². The van der Waals surface area contributed by atoms with E-state index < -0.39 is 0 Å². The van der Waals surface area contributed by atoms with Gasteiger partial charge in [0.05, 0.1) is 0 Å². The smallest absolute Gasteiger partial charge is 0.249 e. The van der Waals surface area contributed by atoms with Crippen LogP contribution >= 0.6 is 0 Å². The molecule has 0 N–H and O–H groups in total. The molecule has 0 unspecified atom stereocenters. The lowest BCUT2D eigenvalue weighted by Gasteiger charge is -2.25.